The van der Waals surface area contributed by atoms with Crippen molar-refractivity contribution in [2.45, 2.75) is 19.0 Å². The first kappa shape index (κ1) is 20.2. The zero-order valence-corrected chi connectivity index (χ0v) is 15.6. The highest BCUT2D eigenvalue weighted by Crippen LogP contribution is 2.30. The van der Waals surface area contributed by atoms with Gasteiger partial charge in [-0.2, -0.15) is 13.2 Å². The first-order valence-corrected chi connectivity index (χ1v) is 9.15. The van der Waals surface area contributed by atoms with E-state index in [1.165, 1.54) is 17.0 Å². The Morgan fingerprint density at radius 1 is 1.11 bits per heavy atom. The van der Waals surface area contributed by atoms with E-state index in [0.717, 1.165) is 12.1 Å². The van der Waals surface area contributed by atoms with Gasteiger partial charge in [0.1, 0.15) is 0 Å². The average molecular weight is 411 g/mol. The minimum Gasteiger partial charge on any atom is -0.338 e. The van der Waals surface area contributed by atoms with Crippen molar-refractivity contribution in [3.8, 4) is 0 Å². The lowest BCUT2D eigenvalue weighted by Crippen LogP contribution is -2.43. The Labute approximate surface area is 165 Å². The van der Waals surface area contributed by atoms with E-state index in [0.29, 0.717) is 30.1 Å². The highest BCUT2D eigenvalue weighted by molar-refractivity contribution is 6.30. The summed E-state index contributed by atoms with van der Waals surface area (Å²) in [5.74, 6) is -1.20. The number of likely N-dealkylation sites (tertiary alicyclic amines) is 1. The van der Waals surface area contributed by atoms with Gasteiger partial charge in [-0.15, -0.1) is 0 Å². The standard InChI is InChI=1S/C20H18ClF3N2O2/c21-16-7-2-8-17(11-16)25-18(27)14-5-3-9-26(12-14)19(28)13-4-1-6-15(10-13)20(22,23)24/h1-2,4,6-8,10-11,14H,3,5,9,12H2,(H,25,27)/t14-/m1/s1. The molecule has 1 aliphatic rings. The lowest BCUT2D eigenvalue weighted by molar-refractivity contribution is -0.137. The predicted molar refractivity (Wildman–Crippen MR) is 100 cm³/mol. The molecule has 1 fully saturated rings. The van der Waals surface area contributed by atoms with Gasteiger partial charge in [0.05, 0.1) is 11.5 Å². The second-order valence-corrected chi connectivity index (χ2v) is 7.10. The molecule has 0 aliphatic carbocycles. The van der Waals surface area contributed by atoms with Crippen molar-refractivity contribution in [1.29, 1.82) is 0 Å². The molecule has 2 aromatic carbocycles. The van der Waals surface area contributed by atoms with Crippen LogP contribution in [0.1, 0.15) is 28.8 Å². The van der Waals surface area contributed by atoms with Crippen LogP contribution in [0, 0.1) is 5.92 Å². The minimum atomic E-state index is -4.52. The van der Waals surface area contributed by atoms with Crippen LogP contribution in [0.2, 0.25) is 5.02 Å². The van der Waals surface area contributed by atoms with Crippen molar-refractivity contribution < 1.29 is 22.8 Å². The van der Waals surface area contributed by atoms with E-state index in [4.69, 9.17) is 11.6 Å². The number of nitrogens with one attached hydrogen (secondary N) is 1. The molecule has 1 atom stereocenters. The maximum Gasteiger partial charge on any atom is 0.416 e. The van der Waals surface area contributed by atoms with Gasteiger partial charge in [0.15, 0.2) is 0 Å². The molecule has 8 heteroatoms. The highest BCUT2D eigenvalue weighted by atomic mass is 35.5. The van der Waals surface area contributed by atoms with Crippen molar-refractivity contribution in [3.63, 3.8) is 0 Å². The predicted octanol–water partition coefficient (Wildman–Crippen LogP) is 4.85. The fourth-order valence-corrected chi connectivity index (χ4v) is 3.39. The monoisotopic (exact) mass is 410 g/mol. The molecule has 1 saturated heterocycles. The van der Waals surface area contributed by atoms with Gasteiger partial charge in [-0.25, -0.2) is 0 Å². The Morgan fingerprint density at radius 3 is 2.57 bits per heavy atom. The first-order valence-electron chi connectivity index (χ1n) is 8.77. The Bertz CT molecular complexity index is 886. The summed E-state index contributed by atoms with van der Waals surface area (Å²) in [6.45, 7) is 0.553. The van der Waals surface area contributed by atoms with E-state index in [9.17, 15) is 22.8 Å². The van der Waals surface area contributed by atoms with Gasteiger partial charge in [-0.1, -0.05) is 23.7 Å². The Hall–Kier alpha value is -2.54. The van der Waals surface area contributed by atoms with Crippen LogP contribution in [0.15, 0.2) is 48.5 Å². The van der Waals surface area contributed by atoms with Gasteiger partial charge in [-0.3, -0.25) is 9.59 Å². The molecule has 0 saturated carbocycles. The third-order valence-corrected chi connectivity index (χ3v) is 4.84. The highest BCUT2D eigenvalue weighted by Gasteiger charge is 2.33. The van der Waals surface area contributed by atoms with Gasteiger partial charge in [0.25, 0.3) is 5.91 Å². The third kappa shape index (κ3) is 4.84. The molecule has 0 aromatic heterocycles. The van der Waals surface area contributed by atoms with Crippen LogP contribution >= 0.6 is 11.6 Å². The summed E-state index contributed by atoms with van der Waals surface area (Å²) >= 11 is 5.91. The summed E-state index contributed by atoms with van der Waals surface area (Å²) in [6.07, 6.45) is -3.32. The molecule has 0 spiro atoms. The number of benzene rings is 2. The summed E-state index contributed by atoms with van der Waals surface area (Å²) in [6, 6.07) is 11.1. The van der Waals surface area contributed by atoms with E-state index < -0.39 is 23.6 Å². The van der Waals surface area contributed by atoms with E-state index in [1.807, 2.05) is 0 Å². The Kier molecular flexibility index (Phi) is 5.93. The topological polar surface area (TPSA) is 49.4 Å². The number of hydrogen-bond donors (Lipinski definition) is 1. The van der Waals surface area contributed by atoms with Gasteiger partial charge in [0, 0.05) is 29.4 Å². The van der Waals surface area contributed by atoms with Crippen LogP contribution in [-0.4, -0.2) is 29.8 Å². The fraction of sp³-hybridized carbons (Fsp3) is 0.300. The van der Waals surface area contributed by atoms with E-state index >= 15 is 0 Å². The summed E-state index contributed by atoms with van der Waals surface area (Å²) in [5, 5.41) is 3.26. The number of halogens is 4. The minimum absolute atomic E-state index is 0.0364. The van der Waals surface area contributed by atoms with Crippen molar-refractivity contribution in [2.75, 3.05) is 18.4 Å². The van der Waals surface area contributed by atoms with Crippen molar-refractivity contribution >= 4 is 29.1 Å². The first-order chi connectivity index (χ1) is 13.2. The maximum atomic E-state index is 12.9. The van der Waals surface area contributed by atoms with Crippen LogP contribution in [0.4, 0.5) is 18.9 Å². The molecule has 0 unspecified atom stereocenters. The van der Waals surface area contributed by atoms with E-state index in [1.54, 1.807) is 24.3 Å². The number of hydrogen-bond acceptors (Lipinski definition) is 2. The van der Waals surface area contributed by atoms with Gasteiger partial charge < -0.3 is 10.2 Å². The van der Waals surface area contributed by atoms with Crippen molar-refractivity contribution in [1.82, 2.24) is 4.90 Å². The number of rotatable bonds is 3. The molecule has 1 N–H and O–H groups in total. The summed E-state index contributed by atoms with van der Waals surface area (Å²) in [5.41, 5.74) is -0.352. The average Bonchev–Trinajstić information content (AvgIpc) is 2.67. The van der Waals surface area contributed by atoms with E-state index in [2.05, 4.69) is 5.32 Å². The molecule has 2 aromatic rings. The van der Waals surface area contributed by atoms with Crippen LogP contribution in [0.5, 0.6) is 0 Å². The number of piperidine rings is 1. The summed E-state index contributed by atoms with van der Waals surface area (Å²) < 4.78 is 38.7. The van der Waals surface area contributed by atoms with Crippen LogP contribution in [0.25, 0.3) is 0 Å². The molecule has 0 bridgehead atoms. The van der Waals surface area contributed by atoms with Crippen LogP contribution < -0.4 is 5.32 Å². The van der Waals surface area contributed by atoms with Crippen molar-refractivity contribution in [2.24, 2.45) is 5.92 Å². The quantitative estimate of drug-likeness (QED) is 0.786. The molecule has 4 nitrogen and oxygen atoms in total. The number of amides is 2. The lowest BCUT2D eigenvalue weighted by Gasteiger charge is -2.32. The maximum absolute atomic E-state index is 12.9. The molecule has 148 valence electrons. The molecule has 1 aliphatic heterocycles. The number of carbonyl (C=O) groups excluding carboxylic acids is 2. The number of alkyl halides is 3. The second kappa shape index (κ2) is 8.22. The van der Waals surface area contributed by atoms with Crippen molar-refractivity contribution in [3.05, 3.63) is 64.7 Å². The molecule has 2 amide bonds. The summed E-state index contributed by atoms with van der Waals surface area (Å²) in [7, 11) is 0. The molecular weight excluding hydrogens is 393 g/mol. The van der Waals surface area contributed by atoms with Crippen LogP contribution in [0.3, 0.4) is 0 Å². The lowest BCUT2D eigenvalue weighted by atomic mass is 9.96. The molecular formula is C20H18ClF3N2O2. The zero-order chi connectivity index (χ0) is 20.3. The molecule has 1 heterocycles. The Morgan fingerprint density at radius 2 is 1.86 bits per heavy atom. The fourth-order valence-electron chi connectivity index (χ4n) is 3.20. The summed E-state index contributed by atoms with van der Waals surface area (Å²) in [4.78, 5) is 26.6. The number of nitrogens with zero attached hydrogens (tertiary/aromatic N) is 1. The normalized spacial score (nSPS) is 17.3. The SMILES string of the molecule is O=C(Nc1cccc(Cl)c1)[C@@H]1CCCN(C(=O)c2cccc(C(F)(F)F)c2)C1. The largest absolute Gasteiger partial charge is 0.416 e. The molecule has 28 heavy (non-hydrogen) atoms. The van der Waals surface area contributed by atoms with Gasteiger partial charge in [0.2, 0.25) is 5.91 Å². The van der Waals surface area contributed by atoms with Gasteiger partial charge >= 0.3 is 6.18 Å². The second-order valence-electron chi connectivity index (χ2n) is 6.67. The zero-order valence-electron chi connectivity index (χ0n) is 14.8. The van der Waals surface area contributed by atoms with Crippen LogP contribution in [-0.2, 0) is 11.0 Å². The number of anilines is 1. The van der Waals surface area contributed by atoms with E-state index in [-0.39, 0.29) is 18.0 Å². The Balaban J connectivity index is 1.69. The smallest absolute Gasteiger partial charge is 0.338 e. The number of carbonyl (C=O) groups is 2. The third-order valence-electron chi connectivity index (χ3n) is 4.61. The van der Waals surface area contributed by atoms with Gasteiger partial charge in [-0.05, 0) is 49.2 Å². The molecule has 3 rings (SSSR count). The molecule has 0 radical (unpaired) electrons.